The lowest BCUT2D eigenvalue weighted by molar-refractivity contribution is -0.132. The number of piperidine rings is 1. The molecule has 2 aromatic rings. The lowest BCUT2D eigenvalue weighted by Crippen LogP contribution is -2.39. The molecule has 132 valence electrons. The van der Waals surface area contributed by atoms with Crippen molar-refractivity contribution in [3.63, 3.8) is 0 Å². The lowest BCUT2D eigenvalue weighted by Gasteiger charge is -2.33. The van der Waals surface area contributed by atoms with Gasteiger partial charge in [-0.3, -0.25) is 14.7 Å². The number of fused-ring (bicyclic) bond motifs is 6. The van der Waals surface area contributed by atoms with Crippen LogP contribution in [-0.4, -0.2) is 51.4 Å². The third-order valence-electron chi connectivity index (χ3n) is 6.62. The Morgan fingerprint density at radius 2 is 2.08 bits per heavy atom. The van der Waals surface area contributed by atoms with Crippen molar-refractivity contribution in [2.45, 2.75) is 57.2 Å². The average Bonchev–Trinajstić information content (AvgIpc) is 3.07. The van der Waals surface area contributed by atoms with Crippen molar-refractivity contribution in [3.05, 3.63) is 29.7 Å². The largest absolute Gasteiger partial charge is 0.341 e. The van der Waals surface area contributed by atoms with Gasteiger partial charge in [0.15, 0.2) is 0 Å². The second-order valence-electron chi connectivity index (χ2n) is 7.90. The number of likely N-dealkylation sites (N-methyl/N-ethyl adjacent to an activating group) is 1. The van der Waals surface area contributed by atoms with Crippen LogP contribution >= 0.6 is 0 Å². The number of likely N-dealkylation sites (tertiary alicyclic amines) is 1. The van der Waals surface area contributed by atoms with E-state index >= 15 is 0 Å². The third-order valence-corrected chi connectivity index (χ3v) is 6.62. The van der Waals surface area contributed by atoms with E-state index in [0.29, 0.717) is 18.6 Å². The van der Waals surface area contributed by atoms with Crippen LogP contribution in [0, 0.1) is 0 Å². The fraction of sp³-hybridized carbons (Fsp3) is 0.600. The number of hydrogen-bond acceptors (Lipinski definition) is 3. The maximum absolute atomic E-state index is 12.9. The minimum Gasteiger partial charge on any atom is -0.341 e. The number of aromatic nitrogens is 2. The molecule has 0 spiro atoms. The third kappa shape index (κ3) is 2.32. The molecule has 1 amide bonds. The summed E-state index contributed by atoms with van der Waals surface area (Å²) >= 11 is 0. The van der Waals surface area contributed by atoms with Gasteiger partial charge in [-0.2, -0.15) is 0 Å². The van der Waals surface area contributed by atoms with Crippen LogP contribution < -0.4 is 0 Å². The smallest absolute Gasteiger partial charge is 0.242 e. The number of carbonyl (C=O) groups is 1. The highest BCUT2D eigenvalue weighted by molar-refractivity contribution is 5.88. The Bertz CT molecular complexity index is 820. The molecule has 0 N–H and O–H groups in total. The van der Waals surface area contributed by atoms with Crippen molar-refractivity contribution in [3.8, 4) is 0 Å². The van der Waals surface area contributed by atoms with E-state index in [1.54, 1.807) is 0 Å². The molecular weight excluding hydrogens is 312 g/mol. The fourth-order valence-electron chi connectivity index (χ4n) is 5.26. The number of amides is 1. The van der Waals surface area contributed by atoms with E-state index < -0.39 is 0 Å². The van der Waals surface area contributed by atoms with Crippen LogP contribution in [0.2, 0.25) is 0 Å². The van der Waals surface area contributed by atoms with E-state index in [4.69, 9.17) is 0 Å². The van der Waals surface area contributed by atoms with Gasteiger partial charge in [0.05, 0.1) is 5.52 Å². The van der Waals surface area contributed by atoms with Crippen LogP contribution in [0.25, 0.3) is 10.9 Å². The van der Waals surface area contributed by atoms with E-state index in [1.807, 2.05) is 12.4 Å². The first kappa shape index (κ1) is 15.4. The predicted molar refractivity (Wildman–Crippen MR) is 97.4 cm³/mol. The molecule has 5 heteroatoms. The van der Waals surface area contributed by atoms with E-state index in [1.165, 1.54) is 41.4 Å². The fourth-order valence-corrected chi connectivity index (χ4v) is 5.26. The molecule has 5 nitrogen and oxygen atoms in total. The summed E-state index contributed by atoms with van der Waals surface area (Å²) in [5.74, 6) is 0.280. The summed E-state index contributed by atoms with van der Waals surface area (Å²) in [6.07, 6.45) is 11.0. The van der Waals surface area contributed by atoms with E-state index in [2.05, 4.69) is 32.5 Å². The Labute approximate surface area is 148 Å². The van der Waals surface area contributed by atoms with Crippen LogP contribution in [0.3, 0.4) is 0 Å². The highest BCUT2D eigenvalue weighted by atomic mass is 16.2. The molecule has 0 saturated carbocycles. The second kappa shape index (κ2) is 5.84. The van der Waals surface area contributed by atoms with Gasteiger partial charge in [-0.15, -0.1) is 0 Å². The summed E-state index contributed by atoms with van der Waals surface area (Å²) < 4.78 is 2.31. The average molecular weight is 338 g/mol. The van der Waals surface area contributed by atoms with Gasteiger partial charge in [0.1, 0.15) is 6.54 Å². The predicted octanol–water partition coefficient (Wildman–Crippen LogP) is 2.74. The topological polar surface area (TPSA) is 41.4 Å². The maximum Gasteiger partial charge on any atom is 0.242 e. The molecule has 2 unspecified atom stereocenters. The van der Waals surface area contributed by atoms with Gasteiger partial charge in [-0.25, -0.2) is 0 Å². The summed E-state index contributed by atoms with van der Waals surface area (Å²) in [6, 6.07) is 3.20. The molecule has 2 saturated heterocycles. The van der Waals surface area contributed by atoms with Crippen molar-refractivity contribution in [1.82, 2.24) is 19.4 Å². The summed E-state index contributed by atoms with van der Waals surface area (Å²) in [7, 11) is 2.25. The summed E-state index contributed by atoms with van der Waals surface area (Å²) in [5, 5.41) is 1.25. The Hall–Kier alpha value is -1.88. The zero-order valence-corrected chi connectivity index (χ0v) is 14.9. The molecule has 3 aliphatic heterocycles. The Morgan fingerprint density at radius 1 is 1.24 bits per heavy atom. The van der Waals surface area contributed by atoms with Gasteiger partial charge in [-0.05, 0) is 50.8 Å². The van der Waals surface area contributed by atoms with E-state index in [0.717, 1.165) is 32.4 Å². The molecule has 0 aliphatic carbocycles. The molecule has 2 fully saturated rings. The SMILES string of the molecule is CN1C2CCC1c1c(n(CC(=O)N3CCCCC3)c3ccncc13)C2. The van der Waals surface area contributed by atoms with E-state index in [-0.39, 0.29) is 5.91 Å². The van der Waals surface area contributed by atoms with Crippen LogP contribution in [-0.2, 0) is 17.8 Å². The zero-order valence-electron chi connectivity index (χ0n) is 14.9. The number of hydrogen-bond donors (Lipinski definition) is 0. The minimum atomic E-state index is 0.280. The van der Waals surface area contributed by atoms with Gasteiger partial charge in [0.25, 0.3) is 0 Å². The number of rotatable bonds is 2. The van der Waals surface area contributed by atoms with Crippen molar-refractivity contribution in [2.75, 3.05) is 20.1 Å². The van der Waals surface area contributed by atoms with Crippen LogP contribution in [0.4, 0.5) is 0 Å². The van der Waals surface area contributed by atoms with Crippen LogP contribution in [0.15, 0.2) is 18.5 Å². The summed E-state index contributed by atoms with van der Waals surface area (Å²) in [5.41, 5.74) is 4.01. The Kier molecular flexibility index (Phi) is 3.59. The van der Waals surface area contributed by atoms with Crippen LogP contribution in [0.1, 0.15) is 49.4 Å². The first-order chi connectivity index (χ1) is 12.2. The normalized spacial score (nSPS) is 26.2. The van der Waals surface area contributed by atoms with Gasteiger partial charge >= 0.3 is 0 Å². The van der Waals surface area contributed by atoms with Crippen molar-refractivity contribution < 1.29 is 4.79 Å². The first-order valence-corrected chi connectivity index (χ1v) is 9.68. The monoisotopic (exact) mass is 338 g/mol. The quantitative estimate of drug-likeness (QED) is 0.845. The first-order valence-electron chi connectivity index (χ1n) is 9.68. The molecule has 0 radical (unpaired) electrons. The molecule has 5 rings (SSSR count). The summed E-state index contributed by atoms with van der Waals surface area (Å²) in [6.45, 7) is 2.34. The molecule has 2 atom stereocenters. The molecule has 3 aliphatic rings. The van der Waals surface area contributed by atoms with Gasteiger partial charge in [-0.1, -0.05) is 0 Å². The second-order valence-corrected chi connectivity index (χ2v) is 7.90. The maximum atomic E-state index is 12.9. The number of carbonyl (C=O) groups excluding carboxylic acids is 1. The van der Waals surface area contributed by atoms with Crippen molar-refractivity contribution in [2.24, 2.45) is 0 Å². The van der Waals surface area contributed by atoms with E-state index in [9.17, 15) is 4.79 Å². The minimum absolute atomic E-state index is 0.280. The molecule has 25 heavy (non-hydrogen) atoms. The zero-order chi connectivity index (χ0) is 17.0. The molecule has 5 heterocycles. The number of nitrogens with zero attached hydrogens (tertiary/aromatic N) is 4. The standard InChI is InChI=1S/C20H26N4O/c1-22-14-5-6-17(22)20-15-12-21-8-7-16(15)24(18(20)11-14)13-19(25)23-9-3-2-4-10-23/h7-8,12,14,17H,2-6,9-11,13H2,1H3. The number of pyridine rings is 1. The molecule has 2 aromatic heterocycles. The van der Waals surface area contributed by atoms with Crippen LogP contribution in [0.5, 0.6) is 0 Å². The van der Waals surface area contributed by atoms with Gasteiger partial charge < -0.3 is 9.47 Å². The Morgan fingerprint density at radius 3 is 2.92 bits per heavy atom. The molecular formula is C20H26N4O. The highest BCUT2D eigenvalue weighted by Gasteiger charge is 2.41. The molecule has 0 aromatic carbocycles. The Balaban J connectivity index is 1.57. The molecule has 2 bridgehead atoms. The van der Waals surface area contributed by atoms with Gasteiger partial charge in [0, 0.05) is 55.1 Å². The summed E-state index contributed by atoms with van der Waals surface area (Å²) in [4.78, 5) is 21.9. The van der Waals surface area contributed by atoms with Gasteiger partial charge in [0.2, 0.25) is 5.91 Å². The van der Waals surface area contributed by atoms with Crippen molar-refractivity contribution >= 4 is 16.8 Å². The van der Waals surface area contributed by atoms with Crippen molar-refractivity contribution in [1.29, 1.82) is 0 Å². The lowest BCUT2D eigenvalue weighted by atomic mass is 9.98. The highest BCUT2D eigenvalue weighted by Crippen LogP contribution is 2.46.